The Balaban J connectivity index is 2.22. The van der Waals surface area contributed by atoms with Crippen LogP contribution in [0.1, 0.15) is 35.5 Å². The van der Waals surface area contributed by atoms with Crippen molar-refractivity contribution in [2.75, 3.05) is 0 Å². The summed E-state index contributed by atoms with van der Waals surface area (Å²) in [5, 5.41) is 5.18. The molecule has 0 aliphatic carbocycles. The maximum absolute atomic E-state index is 6.29. The minimum Gasteiger partial charge on any atom is -0.324 e. The van der Waals surface area contributed by atoms with Crippen LogP contribution in [0.25, 0.3) is 0 Å². The maximum Gasteiger partial charge on any atom is 0.0596 e. The minimum atomic E-state index is -0.102. The summed E-state index contributed by atoms with van der Waals surface area (Å²) in [5.74, 6) is 0. The molecule has 0 saturated heterocycles. The number of hydrogen-bond acceptors (Lipinski definition) is 2. The number of hydrogen-bond donors (Lipinski definition) is 1. The highest BCUT2D eigenvalue weighted by Crippen LogP contribution is 2.25. The Morgan fingerprint density at radius 2 is 2.05 bits per heavy atom. The Kier molecular flexibility index (Phi) is 4.27. The van der Waals surface area contributed by atoms with Crippen molar-refractivity contribution >= 4 is 11.6 Å². The van der Waals surface area contributed by atoms with E-state index in [1.807, 2.05) is 36.7 Å². The van der Waals surface area contributed by atoms with Crippen LogP contribution in [0.5, 0.6) is 0 Å². The van der Waals surface area contributed by atoms with E-state index in [9.17, 15) is 0 Å². The summed E-state index contributed by atoms with van der Waals surface area (Å²) in [4.78, 5) is 0. The molecule has 19 heavy (non-hydrogen) atoms. The topological polar surface area (TPSA) is 43.8 Å². The molecule has 2 N–H and O–H groups in total. The first-order valence-corrected chi connectivity index (χ1v) is 6.94. The van der Waals surface area contributed by atoms with Crippen LogP contribution in [0.3, 0.4) is 0 Å². The molecular weight excluding hydrogens is 258 g/mol. The van der Waals surface area contributed by atoms with Crippen molar-refractivity contribution in [2.45, 2.75) is 39.8 Å². The molecule has 102 valence electrons. The lowest BCUT2D eigenvalue weighted by Gasteiger charge is -2.15. The van der Waals surface area contributed by atoms with E-state index in [1.165, 1.54) is 0 Å². The first kappa shape index (κ1) is 14.1. The molecule has 0 spiro atoms. The Hall–Kier alpha value is -1.32. The molecule has 1 atom stereocenters. The lowest BCUT2D eigenvalue weighted by Crippen LogP contribution is -2.16. The normalized spacial score (nSPS) is 12.7. The molecule has 0 bridgehead atoms. The number of nitrogens with zero attached hydrogens (tertiary/aromatic N) is 2. The summed E-state index contributed by atoms with van der Waals surface area (Å²) >= 11 is 6.27. The number of benzene rings is 1. The van der Waals surface area contributed by atoms with E-state index in [0.717, 1.165) is 40.5 Å². The lowest BCUT2D eigenvalue weighted by atomic mass is 10.0. The van der Waals surface area contributed by atoms with E-state index in [4.69, 9.17) is 17.3 Å². The second-order valence-corrected chi connectivity index (χ2v) is 5.34. The van der Waals surface area contributed by atoms with Crippen molar-refractivity contribution in [2.24, 2.45) is 5.73 Å². The predicted octanol–water partition coefficient (Wildman–Crippen LogP) is 3.42. The van der Waals surface area contributed by atoms with Gasteiger partial charge in [0.2, 0.25) is 0 Å². The molecule has 0 radical (unpaired) electrons. The standard InChI is InChI=1S/C15H20ClN3/c1-4-19-12(8-11(3)18-19)9-15(17)13-6-5-10(2)7-14(13)16/h5-8,15H,4,9,17H2,1-3H3. The molecule has 0 saturated carbocycles. The van der Waals surface area contributed by atoms with Gasteiger partial charge in [-0.25, -0.2) is 0 Å². The highest BCUT2D eigenvalue weighted by Gasteiger charge is 2.14. The lowest BCUT2D eigenvalue weighted by molar-refractivity contribution is 0.587. The van der Waals surface area contributed by atoms with Gasteiger partial charge in [0.25, 0.3) is 0 Å². The number of halogens is 1. The van der Waals surface area contributed by atoms with Crippen LogP contribution in [0, 0.1) is 13.8 Å². The molecule has 0 amide bonds. The van der Waals surface area contributed by atoms with Crippen LogP contribution in [0.4, 0.5) is 0 Å². The summed E-state index contributed by atoms with van der Waals surface area (Å²) < 4.78 is 2.00. The van der Waals surface area contributed by atoms with Gasteiger partial charge in [-0.2, -0.15) is 5.10 Å². The smallest absolute Gasteiger partial charge is 0.0596 e. The van der Waals surface area contributed by atoms with Crippen molar-refractivity contribution in [3.8, 4) is 0 Å². The molecule has 4 heteroatoms. The molecule has 3 nitrogen and oxygen atoms in total. The van der Waals surface area contributed by atoms with Crippen molar-refractivity contribution < 1.29 is 0 Å². The fourth-order valence-corrected chi connectivity index (χ4v) is 2.68. The molecule has 0 aliphatic rings. The summed E-state index contributed by atoms with van der Waals surface area (Å²) in [7, 11) is 0. The van der Waals surface area contributed by atoms with Crippen LogP contribution in [-0.2, 0) is 13.0 Å². The van der Waals surface area contributed by atoms with Crippen LogP contribution in [0.2, 0.25) is 5.02 Å². The second kappa shape index (κ2) is 5.76. The number of aromatic nitrogens is 2. The van der Waals surface area contributed by atoms with Crippen molar-refractivity contribution in [3.05, 3.63) is 51.8 Å². The average Bonchev–Trinajstić information content (AvgIpc) is 2.69. The van der Waals surface area contributed by atoms with Crippen molar-refractivity contribution in [1.29, 1.82) is 0 Å². The van der Waals surface area contributed by atoms with Gasteiger partial charge >= 0.3 is 0 Å². The van der Waals surface area contributed by atoms with Gasteiger partial charge in [-0.1, -0.05) is 23.7 Å². The van der Waals surface area contributed by atoms with Gasteiger partial charge in [0, 0.05) is 29.7 Å². The number of rotatable bonds is 4. The van der Waals surface area contributed by atoms with E-state index >= 15 is 0 Å². The zero-order valence-corrected chi connectivity index (χ0v) is 12.4. The molecule has 1 aromatic heterocycles. The molecule has 1 unspecified atom stereocenters. The van der Waals surface area contributed by atoms with Gasteiger partial charge in [-0.3, -0.25) is 4.68 Å². The van der Waals surface area contributed by atoms with Crippen LogP contribution >= 0.6 is 11.6 Å². The summed E-state index contributed by atoms with van der Waals surface area (Å²) in [5.41, 5.74) is 10.6. The first-order chi connectivity index (χ1) is 9.01. The van der Waals surface area contributed by atoms with Crippen molar-refractivity contribution in [3.63, 3.8) is 0 Å². The SMILES string of the molecule is CCn1nc(C)cc1CC(N)c1ccc(C)cc1Cl. The van der Waals surface area contributed by atoms with E-state index in [2.05, 4.69) is 18.1 Å². The fraction of sp³-hybridized carbons (Fsp3) is 0.400. The molecule has 2 aromatic rings. The quantitative estimate of drug-likeness (QED) is 0.931. The highest BCUT2D eigenvalue weighted by molar-refractivity contribution is 6.31. The molecule has 0 fully saturated rings. The molecule has 0 aliphatic heterocycles. The second-order valence-electron chi connectivity index (χ2n) is 4.93. The van der Waals surface area contributed by atoms with E-state index in [1.54, 1.807) is 0 Å². The van der Waals surface area contributed by atoms with Crippen LogP contribution < -0.4 is 5.73 Å². The van der Waals surface area contributed by atoms with Gasteiger partial charge in [-0.05, 0) is 44.0 Å². The molecule has 1 aromatic carbocycles. The number of nitrogens with two attached hydrogens (primary N) is 1. The Morgan fingerprint density at radius 3 is 2.68 bits per heavy atom. The Labute approximate surface area is 119 Å². The van der Waals surface area contributed by atoms with E-state index in [-0.39, 0.29) is 6.04 Å². The van der Waals surface area contributed by atoms with Crippen LogP contribution in [-0.4, -0.2) is 9.78 Å². The monoisotopic (exact) mass is 277 g/mol. The van der Waals surface area contributed by atoms with Crippen LogP contribution in [0.15, 0.2) is 24.3 Å². The van der Waals surface area contributed by atoms with Gasteiger partial charge in [0.1, 0.15) is 0 Å². The summed E-state index contributed by atoms with van der Waals surface area (Å²) in [6.45, 7) is 6.97. The van der Waals surface area contributed by atoms with Gasteiger partial charge in [0.05, 0.1) is 5.69 Å². The Bertz CT molecular complexity index is 575. The minimum absolute atomic E-state index is 0.102. The predicted molar refractivity (Wildman–Crippen MR) is 79.5 cm³/mol. The van der Waals surface area contributed by atoms with Gasteiger partial charge in [-0.15, -0.1) is 0 Å². The summed E-state index contributed by atoms with van der Waals surface area (Å²) in [6, 6.07) is 8.00. The van der Waals surface area contributed by atoms with Gasteiger partial charge < -0.3 is 5.73 Å². The number of aryl methyl sites for hydroxylation is 3. The van der Waals surface area contributed by atoms with E-state index < -0.39 is 0 Å². The third kappa shape index (κ3) is 3.17. The third-order valence-electron chi connectivity index (χ3n) is 3.27. The third-order valence-corrected chi connectivity index (χ3v) is 3.60. The maximum atomic E-state index is 6.29. The van der Waals surface area contributed by atoms with E-state index in [0.29, 0.717) is 0 Å². The molecule has 2 rings (SSSR count). The zero-order valence-electron chi connectivity index (χ0n) is 11.7. The first-order valence-electron chi connectivity index (χ1n) is 6.56. The van der Waals surface area contributed by atoms with Gasteiger partial charge in [0.15, 0.2) is 0 Å². The molecular formula is C15H20ClN3. The zero-order chi connectivity index (χ0) is 14.0. The highest BCUT2D eigenvalue weighted by atomic mass is 35.5. The summed E-state index contributed by atoms with van der Waals surface area (Å²) in [6.07, 6.45) is 0.747. The fourth-order valence-electron chi connectivity index (χ4n) is 2.31. The van der Waals surface area contributed by atoms with Crippen molar-refractivity contribution in [1.82, 2.24) is 9.78 Å². The Morgan fingerprint density at radius 1 is 1.32 bits per heavy atom. The molecule has 1 heterocycles. The largest absolute Gasteiger partial charge is 0.324 e. The average molecular weight is 278 g/mol.